The summed E-state index contributed by atoms with van der Waals surface area (Å²) in [6.45, 7) is 8.32. The molecule has 8 atom stereocenters. The van der Waals surface area contributed by atoms with Gasteiger partial charge >= 0.3 is 0 Å². The minimum atomic E-state index is -0.877. The zero-order chi connectivity index (χ0) is 30.4. The molecule has 0 amide bonds. The third-order valence-electron chi connectivity index (χ3n) is 11.9. The van der Waals surface area contributed by atoms with Gasteiger partial charge in [-0.25, -0.2) is 0 Å². The summed E-state index contributed by atoms with van der Waals surface area (Å²) in [5.74, 6) is 0.258. The second-order valence-electron chi connectivity index (χ2n) is 13.9. The Hall–Kier alpha value is -2.67. The molecule has 4 heterocycles. The van der Waals surface area contributed by atoms with Gasteiger partial charge in [0.2, 0.25) is 0 Å². The number of rotatable bonds is 7. The number of ketones is 1. The van der Waals surface area contributed by atoms with Crippen molar-refractivity contribution in [3.63, 3.8) is 0 Å². The second-order valence-corrected chi connectivity index (χ2v) is 14.4. The number of benzene rings is 1. The van der Waals surface area contributed by atoms with Crippen molar-refractivity contribution in [3.05, 3.63) is 74.2 Å². The summed E-state index contributed by atoms with van der Waals surface area (Å²) in [7, 11) is 1.68. The van der Waals surface area contributed by atoms with Crippen molar-refractivity contribution in [3.8, 4) is 0 Å². The molecular weight excluding hydrogens is 564 g/mol. The first-order valence-electron chi connectivity index (χ1n) is 15.7. The Morgan fingerprint density at radius 1 is 1.16 bits per heavy atom. The number of aryl methyl sites for hydroxylation is 1. The lowest BCUT2D eigenvalue weighted by Crippen LogP contribution is -2.43. The average molecular weight is 605 g/mol. The number of ether oxygens (including phenoxy) is 3. The number of halogens is 1. The Morgan fingerprint density at radius 3 is 2.60 bits per heavy atom. The highest BCUT2D eigenvalue weighted by molar-refractivity contribution is 6.32. The van der Waals surface area contributed by atoms with Crippen LogP contribution in [0.2, 0.25) is 5.02 Å². The number of Topliss-reactive ketones (excluding diaryl/α,β-unsaturated/α-hetero) is 1. The molecule has 4 bridgehead atoms. The average Bonchev–Trinajstić information content (AvgIpc) is 3.79. The van der Waals surface area contributed by atoms with Crippen molar-refractivity contribution < 1.29 is 28.9 Å². The fraction of sp³-hybridized carbons (Fsp3) is 0.556. The molecule has 1 aromatic carbocycles. The first-order valence-corrected chi connectivity index (χ1v) is 16.1. The molecule has 43 heavy (non-hydrogen) atoms. The van der Waals surface area contributed by atoms with Crippen molar-refractivity contribution >= 4 is 29.2 Å². The normalized spacial score (nSPS) is 38.6. The maximum absolute atomic E-state index is 14.3. The van der Waals surface area contributed by atoms with E-state index in [0.29, 0.717) is 29.0 Å². The molecule has 1 aromatic rings. The van der Waals surface area contributed by atoms with Gasteiger partial charge in [0.25, 0.3) is 0 Å². The van der Waals surface area contributed by atoms with Crippen molar-refractivity contribution in [2.75, 3.05) is 7.11 Å². The standard InChI is InChI=1S/C36H41ClO6/c1-18-6-7-22(37)14-25(18)31-33(39)32-27-9-11-29(43-27)36(32,34(31)40)15-21-13-24(41-5)12-19(2)30(21)26(17-38)20(3)35(4)16-23-8-10-28(35)42-23/h6-7,12,14,17,21,23,27-29,32,40H,8-11,13,15-16H2,1-5H3/b26-20+/t21?,23-,27+,28+,29-,32-,35+,36-/m0/s1. The number of hydrogen-bond acceptors (Lipinski definition) is 6. The molecule has 1 unspecified atom stereocenters. The molecule has 0 spiro atoms. The highest BCUT2D eigenvalue weighted by atomic mass is 35.5. The summed E-state index contributed by atoms with van der Waals surface area (Å²) in [5, 5.41) is 12.8. The molecular formula is C36H41ClO6. The first-order chi connectivity index (χ1) is 20.5. The summed E-state index contributed by atoms with van der Waals surface area (Å²) >= 11 is 6.39. The molecule has 6 aliphatic rings. The molecule has 7 rings (SSSR count). The zero-order valence-electron chi connectivity index (χ0n) is 25.7. The van der Waals surface area contributed by atoms with Gasteiger partial charge in [-0.15, -0.1) is 0 Å². The summed E-state index contributed by atoms with van der Waals surface area (Å²) in [6, 6.07) is 5.48. The lowest BCUT2D eigenvalue weighted by atomic mass is 9.60. The van der Waals surface area contributed by atoms with E-state index in [9.17, 15) is 14.7 Å². The second kappa shape index (κ2) is 10.2. The molecule has 4 aliphatic heterocycles. The van der Waals surface area contributed by atoms with Gasteiger partial charge < -0.3 is 19.3 Å². The minimum Gasteiger partial charge on any atom is -0.511 e. The van der Waals surface area contributed by atoms with Crippen LogP contribution in [-0.4, -0.2) is 48.7 Å². The molecule has 228 valence electrons. The quantitative estimate of drug-likeness (QED) is 0.258. The van der Waals surface area contributed by atoms with Gasteiger partial charge in [0.1, 0.15) is 12.0 Å². The van der Waals surface area contributed by atoms with Crippen LogP contribution >= 0.6 is 11.6 Å². The van der Waals surface area contributed by atoms with Crippen LogP contribution in [0, 0.1) is 29.6 Å². The van der Waals surface area contributed by atoms with Crippen LogP contribution in [0.4, 0.5) is 0 Å². The largest absolute Gasteiger partial charge is 0.511 e. The molecule has 1 N–H and O–H groups in total. The van der Waals surface area contributed by atoms with Gasteiger partial charge in [-0.1, -0.05) is 30.2 Å². The van der Waals surface area contributed by atoms with E-state index in [0.717, 1.165) is 72.0 Å². The Bertz CT molecular complexity index is 1550. The Kier molecular flexibility index (Phi) is 6.88. The third kappa shape index (κ3) is 4.05. The molecule has 4 fully saturated rings. The maximum atomic E-state index is 14.3. The van der Waals surface area contributed by atoms with E-state index >= 15 is 0 Å². The fourth-order valence-electron chi connectivity index (χ4n) is 9.69. The molecule has 0 radical (unpaired) electrons. The van der Waals surface area contributed by atoms with Gasteiger partial charge in [0.15, 0.2) is 5.78 Å². The van der Waals surface area contributed by atoms with Gasteiger partial charge in [0.05, 0.1) is 54.2 Å². The van der Waals surface area contributed by atoms with Crippen molar-refractivity contribution in [1.82, 2.24) is 0 Å². The number of methoxy groups -OCH3 is 1. The topological polar surface area (TPSA) is 82.1 Å². The third-order valence-corrected chi connectivity index (χ3v) is 12.1. The van der Waals surface area contributed by atoms with Gasteiger partial charge in [-0.3, -0.25) is 9.59 Å². The van der Waals surface area contributed by atoms with Crippen LogP contribution in [0.5, 0.6) is 0 Å². The summed E-state index contributed by atoms with van der Waals surface area (Å²) < 4.78 is 18.5. The number of fused-ring (bicyclic) bond motifs is 7. The highest BCUT2D eigenvalue weighted by Crippen LogP contribution is 2.65. The lowest BCUT2D eigenvalue weighted by molar-refractivity contribution is -0.120. The summed E-state index contributed by atoms with van der Waals surface area (Å²) in [4.78, 5) is 27.4. The van der Waals surface area contributed by atoms with E-state index in [4.69, 9.17) is 25.8 Å². The zero-order valence-corrected chi connectivity index (χ0v) is 26.4. The minimum absolute atomic E-state index is 0.0652. The van der Waals surface area contributed by atoms with E-state index in [1.54, 1.807) is 19.2 Å². The van der Waals surface area contributed by atoms with Crippen LogP contribution in [0.15, 0.2) is 58.1 Å². The van der Waals surface area contributed by atoms with E-state index < -0.39 is 11.3 Å². The summed E-state index contributed by atoms with van der Waals surface area (Å²) in [5.41, 5.74) is 4.63. The van der Waals surface area contributed by atoms with Crippen molar-refractivity contribution in [1.29, 1.82) is 0 Å². The predicted octanol–water partition coefficient (Wildman–Crippen LogP) is 7.39. The Labute approximate surface area is 258 Å². The molecule has 4 saturated heterocycles. The predicted molar refractivity (Wildman–Crippen MR) is 164 cm³/mol. The van der Waals surface area contributed by atoms with E-state index in [2.05, 4.69) is 13.8 Å². The van der Waals surface area contributed by atoms with Gasteiger partial charge in [0, 0.05) is 22.4 Å². The fourth-order valence-corrected chi connectivity index (χ4v) is 9.86. The number of allylic oxidation sites excluding steroid dienone is 6. The number of aldehydes is 1. The number of hydrogen-bond donors (Lipinski definition) is 1. The van der Waals surface area contributed by atoms with Crippen LogP contribution in [-0.2, 0) is 23.8 Å². The number of aliphatic hydroxyl groups excluding tert-OH is 1. The van der Waals surface area contributed by atoms with E-state index in [1.165, 1.54) is 0 Å². The monoisotopic (exact) mass is 604 g/mol. The van der Waals surface area contributed by atoms with Gasteiger partial charge in [-0.2, -0.15) is 0 Å². The Morgan fingerprint density at radius 2 is 1.93 bits per heavy atom. The highest BCUT2D eigenvalue weighted by Gasteiger charge is 2.69. The number of aliphatic hydroxyl groups is 1. The smallest absolute Gasteiger partial charge is 0.173 e. The van der Waals surface area contributed by atoms with E-state index in [1.807, 2.05) is 26.0 Å². The Balaban J connectivity index is 1.36. The molecule has 2 aliphatic carbocycles. The van der Waals surface area contributed by atoms with E-state index in [-0.39, 0.29) is 47.3 Å². The maximum Gasteiger partial charge on any atom is 0.173 e. The number of carbonyl (C=O) groups is 2. The van der Waals surface area contributed by atoms with Crippen molar-refractivity contribution in [2.45, 2.75) is 97.1 Å². The number of carbonyl (C=O) groups excluding carboxylic acids is 2. The van der Waals surface area contributed by atoms with Crippen LogP contribution in [0.3, 0.4) is 0 Å². The lowest BCUT2D eigenvalue weighted by Gasteiger charge is -2.41. The SMILES string of the molecule is COC1=CC(C)=C(/C(C=O)=C(\C)[C@@]2(C)C[C@@H]3CC[C@H]2O3)C(C[C@@]23C(O)=C(c4cc(Cl)ccc4C)C(=O)[C@@H]2[C@H]2CC[C@@H]3O2)C1. The summed E-state index contributed by atoms with van der Waals surface area (Å²) in [6.07, 6.45) is 8.56. The molecule has 6 nitrogen and oxygen atoms in total. The van der Waals surface area contributed by atoms with Gasteiger partial charge in [-0.05, 0) is 106 Å². The molecule has 7 heteroatoms. The van der Waals surface area contributed by atoms with Crippen molar-refractivity contribution in [2.24, 2.45) is 22.7 Å². The first kappa shape index (κ1) is 29.1. The molecule has 0 saturated carbocycles. The van der Waals surface area contributed by atoms with Crippen LogP contribution in [0.25, 0.3) is 5.57 Å². The van der Waals surface area contributed by atoms with Crippen LogP contribution < -0.4 is 0 Å². The molecule has 0 aromatic heterocycles. The van der Waals surface area contributed by atoms with Crippen LogP contribution in [0.1, 0.15) is 76.8 Å².